The number of hydrogen-bond acceptors (Lipinski definition) is 8. The lowest BCUT2D eigenvalue weighted by atomic mass is 9.94. The van der Waals surface area contributed by atoms with Crippen LogP contribution in [0.3, 0.4) is 0 Å². The van der Waals surface area contributed by atoms with Gasteiger partial charge in [-0.15, -0.1) is 10.8 Å². The lowest BCUT2D eigenvalue weighted by Crippen LogP contribution is -2.25. The molecule has 0 saturated heterocycles. The first-order valence-electron chi connectivity index (χ1n) is 10.5. The Morgan fingerprint density at radius 1 is 1.33 bits per heavy atom. The third kappa shape index (κ3) is 7.61. The molecule has 0 aliphatic heterocycles. The van der Waals surface area contributed by atoms with Gasteiger partial charge in [0, 0.05) is 31.7 Å². The number of carbonyl (C=O) groups is 1. The fourth-order valence-electron chi connectivity index (χ4n) is 3.21. The van der Waals surface area contributed by atoms with Gasteiger partial charge in [-0.25, -0.2) is 18.7 Å². The minimum Gasteiger partial charge on any atom is -0.481 e. The minimum atomic E-state index is -3.14. The van der Waals surface area contributed by atoms with E-state index >= 15 is 0 Å². The Labute approximate surface area is 194 Å². The molecular formula is C22H32FN3O6S. The van der Waals surface area contributed by atoms with E-state index < -0.39 is 41.5 Å². The number of carboxylic acids is 1. The van der Waals surface area contributed by atoms with Gasteiger partial charge in [0.1, 0.15) is 6.17 Å². The summed E-state index contributed by atoms with van der Waals surface area (Å²) in [5, 5.41) is 28.8. The zero-order valence-corrected chi connectivity index (χ0v) is 19.9. The van der Waals surface area contributed by atoms with E-state index in [2.05, 4.69) is 9.97 Å². The van der Waals surface area contributed by atoms with Gasteiger partial charge in [0.25, 0.3) is 0 Å². The maximum atomic E-state index is 13.7. The Morgan fingerprint density at radius 2 is 2.00 bits per heavy atom. The van der Waals surface area contributed by atoms with Crippen LogP contribution in [0.4, 0.5) is 10.3 Å². The van der Waals surface area contributed by atoms with Crippen molar-refractivity contribution in [2.45, 2.75) is 57.4 Å². The third-order valence-corrected chi connectivity index (χ3v) is 6.24. The Balaban J connectivity index is 2.55. The summed E-state index contributed by atoms with van der Waals surface area (Å²) in [5.74, 6) is -1.20. The lowest BCUT2D eigenvalue weighted by Gasteiger charge is -2.37. The number of rotatable bonds is 10. The molecule has 1 aromatic rings. The summed E-state index contributed by atoms with van der Waals surface area (Å²) in [4.78, 5) is 19.8. The van der Waals surface area contributed by atoms with Crippen molar-refractivity contribution in [2.24, 2.45) is 0 Å². The van der Waals surface area contributed by atoms with Crippen molar-refractivity contribution in [3.8, 4) is 0 Å². The summed E-state index contributed by atoms with van der Waals surface area (Å²) >= 11 is 0. The molecule has 0 saturated carbocycles. The smallest absolute Gasteiger partial charge is 0.305 e. The van der Waals surface area contributed by atoms with Crippen LogP contribution in [0.1, 0.15) is 56.0 Å². The van der Waals surface area contributed by atoms with Gasteiger partial charge < -0.3 is 15.3 Å². The molecule has 0 bridgehead atoms. The number of aliphatic carboxylic acids is 1. The van der Waals surface area contributed by atoms with Gasteiger partial charge in [-0.05, 0) is 17.6 Å². The van der Waals surface area contributed by atoms with Crippen LogP contribution in [0.5, 0.6) is 0 Å². The van der Waals surface area contributed by atoms with Crippen LogP contribution in [0, 0.1) is 0 Å². The molecule has 11 heteroatoms. The van der Waals surface area contributed by atoms with Crippen LogP contribution in [-0.4, -0.2) is 72.0 Å². The Morgan fingerprint density at radius 3 is 2.52 bits per heavy atom. The monoisotopic (exact) mass is 485 g/mol. The van der Waals surface area contributed by atoms with Gasteiger partial charge in [-0.1, -0.05) is 38.2 Å². The molecule has 1 aliphatic rings. The van der Waals surface area contributed by atoms with Crippen molar-refractivity contribution in [3.05, 3.63) is 41.3 Å². The summed E-state index contributed by atoms with van der Waals surface area (Å²) in [5.41, 5.74) is 2.17. The van der Waals surface area contributed by atoms with E-state index in [0.717, 1.165) is 0 Å². The Hall–Kier alpha value is -2.31. The van der Waals surface area contributed by atoms with Crippen LogP contribution in [0.25, 0.3) is 11.6 Å². The van der Waals surface area contributed by atoms with Gasteiger partial charge in [-0.3, -0.25) is 13.9 Å². The van der Waals surface area contributed by atoms with Crippen LogP contribution in [0.15, 0.2) is 24.3 Å². The van der Waals surface area contributed by atoms with E-state index in [1.807, 2.05) is 13.8 Å². The van der Waals surface area contributed by atoms with Crippen LogP contribution < -0.4 is 4.31 Å². The molecule has 1 aromatic heterocycles. The zero-order valence-electron chi connectivity index (χ0n) is 19.1. The molecule has 2 rings (SSSR count). The maximum Gasteiger partial charge on any atom is 0.305 e. The standard InChI is InChI=1S/C22H32FN3O6S/c1-13(2)20-18(10-9-16(27)11-17(28)12-19(29)30)21(14-5-7-15(23)8-6-14)25-22(24-20)26(3)33(4,31)32/h5-7,9-10,13,15-17,27-28,31-32H,8,11-12H2,1-4H3,(H,29,30)/t15?,16-,17-/m1/s1. The number of carboxylic acid groups (broad SMARTS) is 1. The molecule has 0 aromatic carbocycles. The largest absolute Gasteiger partial charge is 0.481 e. The first-order valence-corrected chi connectivity index (χ1v) is 12.4. The fourth-order valence-corrected chi connectivity index (χ4v) is 3.60. The van der Waals surface area contributed by atoms with Crippen molar-refractivity contribution in [1.29, 1.82) is 0 Å². The molecule has 0 radical (unpaired) electrons. The number of aromatic nitrogens is 2. The van der Waals surface area contributed by atoms with Gasteiger partial charge in [-0.2, -0.15) is 0 Å². The van der Waals surface area contributed by atoms with E-state index in [0.29, 0.717) is 22.5 Å². The predicted molar refractivity (Wildman–Crippen MR) is 128 cm³/mol. The molecule has 184 valence electrons. The highest BCUT2D eigenvalue weighted by Crippen LogP contribution is 2.41. The minimum absolute atomic E-state index is 0.0856. The average molecular weight is 486 g/mol. The highest BCUT2D eigenvalue weighted by molar-refractivity contribution is 8.24. The Bertz CT molecular complexity index is 945. The first kappa shape index (κ1) is 26.9. The van der Waals surface area contributed by atoms with E-state index in [1.54, 1.807) is 18.2 Å². The van der Waals surface area contributed by atoms with Crippen LogP contribution >= 0.6 is 10.8 Å². The number of anilines is 1. The summed E-state index contributed by atoms with van der Waals surface area (Å²) in [6.07, 6.45) is 5.03. The summed E-state index contributed by atoms with van der Waals surface area (Å²) in [6.45, 7) is 3.79. The second kappa shape index (κ2) is 11.2. The highest BCUT2D eigenvalue weighted by Gasteiger charge is 2.24. The molecule has 3 atom stereocenters. The van der Waals surface area contributed by atoms with E-state index in [1.165, 1.54) is 29.8 Å². The normalized spacial score (nSPS) is 19.0. The van der Waals surface area contributed by atoms with Gasteiger partial charge >= 0.3 is 5.97 Å². The number of halogens is 1. The van der Waals surface area contributed by atoms with E-state index in [4.69, 9.17) is 5.11 Å². The number of aliphatic hydroxyl groups is 2. The summed E-state index contributed by atoms with van der Waals surface area (Å²) < 4.78 is 35.0. The predicted octanol–water partition coefficient (Wildman–Crippen LogP) is 3.61. The SMILES string of the molecule is CC(C)c1nc(N(C)S(C)(O)O)nc(C2=CCC(F)C=C2)c1C=C[C@@H](O)C[C@@H](O)CC(=O)O. The molecule has 5 N–H and O–H groups in total. The number of nitrogens with zero attached hydrogens (tertiary/aromatic N) is 3. The van der Waals surface area contributed by atoms with Crippen molar-refractivity contribution >= 4 is 34.3 Å². The van der Waals surface area contributed by atoms with Crippen molar-refractivity contribution < 1.29 is 33.6 Å². The molecule has 1 aliphatic carbocycles. The number of allylic oxidation sites excluding steroid dienone is 4. The maximum absolute atomic E-state index is 13.7. The number of alkyl halides is 1. The van der Waals surface area contributed by atoms with Gasteiger partial charge in [0.05, 0.1) is 30.0 Å². The number of aliphatic hydroxyl groups excluding tert-OH is 2. The van der Waals surface area contributed by atoms with Gasteiger partial charge in [0.15, 0.2) is 0 Å². The molecule has 1 unspecified atom stereocenters. The van der Waals surface area contributed by atoms with Crippen molar-refractivity contribution in [1.82, 2.24) is 9.97 Å². The summed E-state index contributed by atoms with van der Waals surface area (Å²) in [7, 11) is -1.68. The van der Waals surface area contributed by atoms with E-state index in [9.17, 15) is 28.5 Å². The van der Waals surface area contributed by atoms with Crippen molar-refractivity contribution in [2.75, 3.05) is 17.6 Å². The fraction of sp³-hybridized carbons (Fsp3) is 0.500. The van der Waals surface area contributed by atoms with Crippen LogP contribution in [0.2, 0.25) is 0 Å². The van der Waals surface area contributed by atoms with Gasteiger partial charge in [0.2, 0.25) is 5.95 Å². The summed E-state index contributed by atoms with van der Waals surface area (Å²) in [6, 6.07) is 0. The molecule has 1 heterocycles. The third-order valence-electron chi connectivity index (χ3n) is 5.04. The first-order chi connectivity index (χ1) is 15.3. The average Bonchev–Trinajstić information content (AvgIpc) is 2.70. The molecule has 33 heavy (non-hydrogen) atoms. The molecular weight excluding hydrogens is 453 g/mol. The second-order valence-electron chi connectivity index (χ2n) is 8.30. The molecule has 0 spiro atoms. The molecule has 9 nitrogen and oxygen atoms in total. The quantitative estimate of drug-likeness (QED) is 0.335. The van der Waals surface area contributed by atoms with Crippen molar-refractivity contribution in [3.63, 3.8) is 0 Å². The molecule has 0 fully saturated rings. The molecule has 0 amide bonds. The number of hydrogen-bond donors (Lipinski definition) is 5. The van der Waals surface area contributed by atoms with E-state index in [-0.39, 0.29) is 24.7 Å². The highest BCUT2D eigenvalue weighted by atomic mass is 32.3. The zero-order chi connectivity index (χ0) is 24.9. The Kier molecular flexibility index (Phi) is 9.15. The van der Waals surface area contributed by atoms with Crippen LogP contribution in [-0.2, 0) is 4.79 Å². The second-order valence-corrected chi connectivity index (χ2v) is 10.4. The lowest BCUT2D eigenvalue weighted by molar-refractivity contribution is -0.139. The topological polar surface area (TPSA) is 147 Å².